The Morgan fingerprint density at radius 2 is 1.62 bits per heavy atom. The number of ether oxygens (including phenoxy) is 2. The van der Waals surface area contributed by atoms with Crippen LogP contribution in [0.25, 0.3) is 0 Å². The molecule has 0 aliphatic carbocycles. The molecule has 2 rings (SSSR count). The van der Waals surface area contributed by atoms with Crippen LogP contribution in [0, 0.1) is 13.8 Å². The first-order valence-electron chi connectivity index (χ1n) is 8.23. The number of hydrogen-bond acceptors (Lipinski definition) is 4. The average Bonchev–Trinajstić information content (AvgIpc) is 2.62. The highest BCUT2D eigenvalue weighted by Crippen LogP contribution is 2.20. The van der Waals surface area contributed by atoms with Crippen molar-refractivity contribution in [2.45, 2.75) is 32.9 Å². The topological polar surface area (TPSA) is 84.9 Å². The molecule has 0 heterocycles. The molecule has 26 heavy (non-hydrogen) atoms. The van der Waals surface area contributed by atoms with Crippen molar-refractivity contribution in [3.63, 3.8) is 0 Å². The van der Waals surface area contributed by atoms with Gasteiger partial charge in [0.25, 0.3) is 5.91 Å². The highest BCUT2D eigenvalue weighted by atomic mass is 16.5. The smallest absolute Gasteiger partial charge is 0.330 e. The summed E-state index contributed by atoms with van der Waals surface area (Å²) in [5, 5.41) is 12.0. The molecule has 2 N–H and O–H groups in total. The number of carboxylic acids is 1. The standard InChI is InChI=1S/C20H23NO5/c1-12-5-6-15(11-13(12)2)18(20(23)24)21-19(22)14(3)26-17-9-7-16(25-4)8-10-17/h5-11,14,18H,1-4H3,(H,21,22)(H,23,24). The summed E-state index contributed by atoms with van der Waals surface area (Å²) >= 11 is 0. The maximum absolute atomic E-state index is 12.4. The highest BCUT2D eigenvalue weighted by molar-refractivity contribution is 5.87. The second-order valence-corrected chi connectivity index (χ2v) is 6.06. The Kier molecular flexibility index (Phi) is 6.22. The summed E-state index contributed by atoms with van der Waals surface area (Å²) in [7, 11) is 1.56. The molecule has 0 fully saturated rings. The summed E-state index contributed by atoms with van der Waals surface area (Å²) in [5.74, 6) is -0.466. The minimum absolute atomic E-state index is 0.492. The van der Waals surface area contributed by atoms with Gasteiger partial charge in [0.05, 0.1) is 7.11 Å². The van der Waals surface area contributed by atoms with Gasteiger partial charge in [0.15, 0.2) is 12.1 Å². The number of carbonyl (C=O) groups is 2. The fourth-order valence-electron chi connectivity index (χ4n) is 2.40. The third kappa shape index (κ3) is 4.75. The molecule has 0 aliphatic heterocycles. The molecule has 0 saturated heterocycles. The molecule has 2 atom stereocenters. The largest absolute Gasteiger partial charge is 0.497 e. The molecule has 0 aliphatic rings. The number of carboxylic acid groups (broad SMARTS) is 1. The second kappa shape index (κ2) is 8.38. The zero-order valence-electron chi connectivity index (χ0n) is 15.3. The Labute approximate surface area is 152 Å². The van der Waals surface area contributed by atoms with Gasteiger partial charge in [-0.05, 0) is 61.7 Å². The Bertz CT molecular complexity index is 785. The molecule has 1 amide bonds. The lowest BCUT2D eigenvalue weighted by molar-refractivity contribution is -0.143. The summed E-state index contributed by atoms with van der Waals surface area (Å²) in [6.07, 6.45) is -0.850. The van der Waals surface area contributed by atoms with E-state index in [1.807, 2.05) is 19.9 Å². The van der Waals surface area contributed by atoms with Crippen LogP contribution in [0.2, 0.25) is 0 Å². The van der Waals surface area contributed by atoms with Gasteiger partial charge >= 0.3 is 5.97 Å². The summed E-state index contributed by atoms with van der Waals surface area (Å²) in [5.41, 5.74) is 2.54. The SMILES string of the molecule is COc1ccc(OC(C)C(=O)NC(C(=O)O)c2ccc(C)c(C)c2)cc1. The predicted octanol–water partition coefficient (Wildman–Crippen LogP) is 3.02. The molecule has 0 saturated carbocycles. The molecule has 0 radical (unpaired) electrons. The van der Waals surface area contributed by atoms with E-state index in [4.69, 9.17) is 9.47 Å². The zero-order valence-corrected chi connectivity index (χ0v) is 15.3. The Balaban J connectivity index is 2.08. The van der Waals surface area contributed by atoms with Crippen molar-refractivity contribution in [2.24, 2.45) is 0 Å². The number of rotatable bonds is 7. The van der Waals surface area contributed by atoms with Crippen LogP contribution >= 0.6 is 0 Å². The van der Waals surface area contributed by atoms with E-state index in [9.17, 15) is 14.7 Å². The molecule has 2 aromatic rings. The van der Waals surface area contributed by atoms with E-state index in [0.717, 1.165) is 11.1 Å². The lowest BCUT2D eigenvalue weighted by Gasteiger charge is -2.20. The minimum atomic E-state index is -1.14. The highest BCUT2D eigenvalue weighted by Gasteiger charge is 2.25. The van der Waals surface area contributed by atoms with E-state index in [1.54, 1.807) is 50.4 Å². The number of carbonyl (C=O) groups excluding carboxylic acids is 1. The summed E-state index contributed by atoms with van der Waals surface area (Å²) in [4.78, 5) is 24.0. The first-order valence-corrected chi connectivity index (χ1v) is 8.23. The predicted molar refractivity (Wildman–Crippen MR) is 97.5 cm³/mol. The van der Waals surface area contributed by atoms with Crippen molar-refractivity contribution >= 4 is 11.9 Å². The molecule has 6 heteroatoms. The first kappa shape index (κ1) is 19.3. The van der Waals surface area contributed by atoms with E-state index in [2.05, 4.69) is 5.32 Å². The zero-order chi connectivity index (χ0) is 19.3. The Morgan fingerprint density at radius 3 is 2.15 bits per heavy atom. The quantitative estimate of drug-likeness (QED) is 0.796. The van der Waals surface area contributed by atoms with Gasteiger partial charge in [-0.1, -0.05) is 18.2 Å². The van der Waals surface area contributed by atoms with Gasteiger partial charge in [0.2, 0.25) is 0 Å². The minimum Gasteiger partial charge on any atom is -0.497 e. The summed E-state index contributed by atoms with van der Waals surface area (Å²) < 4.78 is 10.6. The fraction of sp³-hybridized carbons (Fsp3) is 0.300. The normalized spacial score (nSPS) is 12.8. The van der Waals surface area contributed by atoms with Crippen LogP contribution in [0.4, 0.5) is 0 Å². The number of benzene rings is 2. The van der Waals surface area contributed by atoms with Gasteiger partial charge in [-0.15, -0.1) is 0 Å². The van der Waals surface area contributed by atoms with E-state index in [0.29, 0.717) is 17.1 Å². The number of methoxy groups -OCH3 is 1. The monoisotopic (exact) mass is 357 g/mol. The molecule has 2 aromatic carbocycles. The molecule has 0 aromatic heterocycles. The average molecular weight is 357 g/mol. The second-order valence-electron chi connectivity index (χ2n) is 6.06. The number of amides is 1. The molecule has 2 unspecified atom stereocenters. The van der Waals surface area contributed by atoms with Crippen LogP contribution in [-0.4, -0.2) is 30.2 Å². The molecular formula is C20H23NO5. The van der Waals surface area contributed by atoms with Crippen molar-refractivity contribution in [3.8, 4) is 11.5 Å². The van der Waals surface area contributed by atoms with Gasteiger partial charge in [-0.3, -0.25) is 4.79 Å². The van der Waals surface area contributed by atoms with Crippen LogP contribution in [0.5, 0.6) is 11.5 Å². The van der Waals surface area contributed by atoms with E-state index < -0.39 is 24.0 Å². The first-order chi connectivity index (χ1) is 12.3. The molecule has 138 valence electrons. The van der Waals surface area contributed by atoms with E-state index in [-0.39, 0.29) is 0 Å². The van der Waals surface area contributed by atoms with Crippen molar-refractivity contribution in [3.05, 3.63) is 59.2 Å². The van der Waals surface area contributed by atoms with E-state index >= 15 is 0 Å². The van der Waals surface area contributed by atoms with Gasteiger partial charge in [0.1, 0.15) is 11.5 Å². The third-order valence-corrected chi connectivity index (χ3v) is 4.14. The van der Waals surface area contributed by atoms with Crippen molar-refractivity contribution in [2.75, 3.05) is 7.11 Å². The van der Waals surface area contributed by atoms with Crippen LogP contribution in [-0.2, 0) is 9.59 Å². The number of aliphatic carboxylic acids is 1. The third-order valence-electron chi connectivity index (χ3n) is 4.14. The lowest BCUT2D eigenvalue weighted by atomic mass is 10.0. The van der Waals surface area contributed by atoms with Crippen molar-refractivity contribution < 1.29 is 24.2 Å². The summed E-state index contributed by atoms with van der Waals surface area (Å²) in [6, 6.07) is 11.0. The number of nitrogens with one attached hydrogen (secondary N) is 1. The molecular weight excluding hydrogens is 334 g/mol. The molecule has 0 spiro atoms. The molecule has 6 nitrogen and oxygen atoms in total. The van der Waals surface area contributed by atoms with Crippen LogP contribution < -0.4 is 14.8 Å². The van der Waals surface area contributed by atoms with Crippen LogP contribution in [0.1, 0.15) is 29.7 Å². The maximum Gasteiger partial charge on any atom is 0.330 e. The Hall–Kier alpha value is -3.02. The van der Waals surface area contributed by atoms with Crippen molar-refractivity contribution in [1.29, 1.82) is 0 Å². The van der Waals surface area contributed by atoms with Gasteiger partial charge in [-0.25, -0.2) is 4.79 Å². The van der Waals surface area contributed by atoms with Crippen LogP contribution in [0.15, 0.2) is 42.5 Å². The van der Waals surface area contributed by atoms with Crippen LogP contribution in [0.3, 0.4) is 0 Å². The van der Waals surface area contributed by atoms with Gasteiger partial charge in [-0.2, -0.15) is 0 Å². The fourth-order valence-corrected chi connectivity index (χ4v) is 2.40. The van der Waals surface area contributed by atoms with Gasteiger partial charge < -0.3 is 19.9 Å². The summed E-state index contributed by atoms with van der Waals surface area (Å²) in [6.45, 7) is 5.41. The van der Waals surface area contributed by atoms with Gasteiger partial charge in [0, 0.05) is 0 Å². The number of hydrogen-bond donors (Lipinski definition) is 2. The number of aryl methyl sites for hydroxylation is 2. The Morgan fingerprint density at radius 1 is 1.00 bits per heavy atom. The van der Waals surface area contributed by atoms with Crippen molar-refractivity contribution in [1.82, 2.24) is 5.32 Å². The molecule has 0 bridgehead atoms. The van der Waals surface area contributed by atoms with E-state index in [1.165, 1.54) is 0 Å². The maximum atomic E-state index is 12.4. The lowest BCUT2D eigenvalue weighted by Crippen LogP contribution is -2.41.